The van der Waals surface area contributed by atoms with Crippen molar-refractivity contribution in [2.45, 2.75) is 68.7 Å². The van der Waals surface area contributed by atoms with E-state index in [1.807, 2.05) is 0 Å². The summed E-state index contributed by atoms with van der Waals surface area (Å²) in [6.07, 6.45) is 10.2. The quantitative estimate of drug-likeness (QED) is 0.738. The van der Waals surface area contributed by atoms with Crippen LogP contribution in [-0.4, -0.2) is 66.6 Å². The Morgan fingerprint density at radius 3 is 2.43 bits per heavy atom. The van der Waals surface area contributed by atoms with Crippen molar-refractivity contribution in [1.29, 1.82) is 0 Å². The zero-order valence-electron chi connectivity index (χ0n) is 17.4. The minimum absolute atomic E-state index is 0.0307. The van der Waals surface area contributed by atoms with Crippen LogP contribution in [0.3, 0.4) is 0 Å². The maximum atomic E-state index is 13.2. The van der Waals surface area contributed by atoms with Crippen molar-refractivity contribution in [3.8, 4) is 0 Å². The average molecular weight is 437 g/mol. The van der Waals surface area contributed by atoms with Gasteiger partial charge in [-0.3, -0.25) is 9.59 Å². The van der Waals surface area contributed by atoms with E-state index in [2.05, 4.69) is 10.3 Å². The van der Waals surface area contributed by atoms with Crippen molar-refractivity contribution in [2.24, 2.45) is 5.92 Å². The van der Waals surface area contributed by atoms with Gasteiger partial charge in [-0.1, -0.05) is 12.8 Å². The van der Waals surface area contributed by atoms with Gasteiger partial charge in [-0.2, -0.15) is 4.31 Å². The first-order chi connectivity index (χ1) is 14.4. The van der Waals surface area contributed by atoms with Crippen LogP contribution in [0.2, 0.25) is 0 Å². The van der Waals surface area contributed by atoms with E-state index in [0.717, 1.165) is 44.9 Å². The third-order valence-electron chi connectivity index (χ3n) is 6.62. The third-order valence-corrected chi connectivity index (χ3v) is 8.47. The summed E-state index contributed by atoms with van der Waals surface area (Å²) in [4.78, 5) is 30.0. The SMILES string of the molecule is O=C(NC1CCCC1)[C@@H]1CCCN(S(=O)(=O)c2c[nH]c(C(=O)N3CCCCC3)c2)C1. The lowest BCUT2D eigenvalue weighted by Gasteiger charge is -2.31. The number of hydrogen-bond donors (Lipinski definition) is 2. The van der Waals surface area contributed by atoms with Gasteiger partial charge in [0.25, 0.3) is 5.91 Å². The molecule has 0 unspecified atom stereocenters. The Bertz CT molecular complexity index is 869. The van der Waals surface area contributed by atoms with Gasteiger partial charge >= 0.3 is 0 Å². The van der Waals surface area contributed by atoms with Gasteiger partial charge in [0.05, 0.1) is 5.92 Å². The van der Waals surface area contributed by atoms with Crippen LogP contribution in [0.25, 0.3) is 0 Å². The Labute approximate surface area is 178 Å². The molecule has 1 aromatic rings. The molecule has 1 aromatic heterocycles. The molecule has 166 valence electrons. The van der Waals surface area contributed by atoms with E-state index < -0.39 is 10.0 Å². The summed E-state index contributed by atoms with van der Waals surface area (Å²) in [6.45, 7) is 2.02. The number of carbonyl (C=O) groups excluding carboxylic acids is 2. The predicted octanol–water partition coefficient (Wildman–Crippen LogP) is 2.10. The maximum Gasteiger partial charge on any atom is 0.270 e. The van der Waals surface area contributed by atoms with Crippen LogP contribution in [0.15, 0.2) is 17.2 Å². The number of hydrogen-bond acceptors (Lipinski definition) is 4. The highest BCUT2D eigenvalue weighted by Crippen LogP contribution is 2.26. The molecule has 0 radical (unpaired) electrons. The van der Waals surface area contributed by atoms with Crippen LogP contribution in [-0.2, 0) is 14.8 Å². The number of aromatic amines is 1. The fourth-order valence-corrected chi connectivity index (χ4v) is 6.35. The molecule has 8 nitrogen and oxygen atoms in total. The first-order valence-electron chi connectivity index (χ1n) is 11.2. The zero-order valence-corrected chi connectivity index (χ0v) is 18.3. The molecule has 3 fully saturated rings. The summed E-state index contributed by atoms with van der Waals surface area (Å²) in [6, 6.07) is 1.67. The fraction of sp³-hybridized carbons (Fsp3) is 0.714. The molecule has 2 amide bonds. The molecule has 1 aliphatic carbocycles. The smallest absolute Gasteiger partial charge is 0.270 e. The zero-order chi connectivity index (χ0) is 21.1. The highest BCUT2D eigenvalue weighted by atomic mass is 32.2. The molecular formula is C21H32N4O4S. The van der Waals surface area contributed by atoms with E-state index in [1.165, 1.54) is 16.6 Å². The van der Waals surface area contributed by atoms with Crippen molar-refractivity contribution >= 4 is 21.8 Å². The van der Waals surface area contributed by atoms with E-state index in [9.17, 15) is 18.0 Å². The standard InChI is InChI=1S/C21H32N4O4S/c26-20(23-17-8-2-3-9-17)16-7-6-12-25(15-16)30(28,29)18-13-19(22-14-18)21(27)24-10-4-1-5-11-24/h13-14,16-17,22H,1-12,15H2,(H,23,26)/t16-/m1/s1. The van der Waals surface area contributed by atoms with Gasteiger partial charge in [-0.05, 0) is 51.0 Å². The van der Waals surface area contributed by atoms with Crippen molar-refractivity contribution in [3.63, 3.8) is 0 Å². The molecule has 3 aliphatic rings. The number of rotatable bonds is 5. The van der Waals surface area contributed by atoms with Crippen LogP contribution >= 0.6 is 0 Å². The number of carbonyl (C=O) groups is 2. The summed E-state index contributed by atoms with van der Waals surface area (Å²) in [5.74, 6) is -0.497. The van der Waals surface area contributed by atoms with Crippen LogP contribution in [0, 0.1) is 5.92 Å². The van der Waals surface area contributed by atoms with Gasteiger partial charge in [0.2, 0.25) is 15.9 Å². The van der Waals surface area contributed by atoms with Gasteiger partial charge in [0.15, 0.2) is 0 Å². The molecule has 2 N–H and O–H groups in total. The summed E-state index contributed by atoms with van der Waals surface area (Å²) >= 11 is 0. The Kier molecular flexibility index (Phi) is 6.48. The predicted molar refractivity (Wildman–Crippen MR) is 112 cm³/mol. The second kappa shape index (κ2) is 9.09. The van der Waals surface area contributed by atoms with Gasteiger partial charge in [0.1, 0.15) is 10.6 Å². The second-order valence-electron chi connectivity index (χ2n) is 8.79. The highest BCUT2D eigenvalue weighted by Gasteiger charge is 2.35. The minimum Gasteiger partial charge on any atom is -0.356 e. The van der Waals surface area contributed by atoms with Crippen LogP contribution in [0.4, 0.5) is 0 Å². The third kappa shape index (κ3) is 4.56. The number of nitrogens with zero attached hydrogens (tertiary/aromatic N) is 2. The molecule has 2 saturated heterocycles. The first-order valence-corrected chi connectivity index (χ1v) is 12.7. The molecule has 2 aliphatic heterocycles. The Morgan fingerprint density at radius 1 is 0.967 bits per heavy atom. The lowest BCUT2D eigenvalue weighted by molar-refractivity contribution is -0.126. The van der Waals surface area contributed by atoms with E-state index in [-0.39, 0.29) is 35.2 Å². The molecule has 0 spiro atoms. The van der Waals surface area contributed by atoms with Crippen LogP contribution in [0.5, 0.6) is 0 Å². The van der Waals surface area contributed by atoms with Crippen molar-refractivity contribution < 1.29 is 18.0 Å². The topological polar surface area (TPSA) is 103 Å². The Hall–Kier alpha value is -1.87. The number of aromatic nitrogens is 1. The molecule has 0 bridgehead atoms. The van der Waals surface area contributed by atoms with Crippen LogP contribution in [0.1, 0.15) is 68.3 Å². The van der Waals surface area contributed by atoms with E-state index in [0.29, 0.717) is 38.2 Å². The van der Waals surface area contributed by atoms with Crippen molar-refractivity contribution in [2.75, 3.05) is 26.2 Å². The molecule has 1 saturated carbocycles. The molecular weight excluding hydrogens is 404 g/mol. The first kappa shape index (κ1) is 21.4. The lowest BCUT2D eigenvalue weighted by Crippen LogP contribution is -2.47. The maximum absolute atomic E-state index is 13.2. The molecule has 30 heavy (non-hydrogen) atoms. The highest BCUT2D eigenvalue weighted by molar-refractivity contribution is 7.89. The van der Waals surface area contributed by atoms with E-state index in [1.54, 1.807) is 4.90 Å². The van der Waals surface area contributed by atoms with E-state index in [4.69, 9.17) is 0 Å². The van der Waals surface area contributed by atoms with Crippen molar-refractivity contribution in [3.05, 3.63) is 18.0 Å². The number of sulfonamides is 1. The molecule has 3 heterocycles. The number of H-pyrrole nitrogens is 1. The van der Waals surface area contributed by atoms with Gasteiger partial charge in [-0.15, -0.1) is 0 Å². The van der Waals surface area contributed by atoms with Gasteiger partial charge in [0, 0.05) is 38.4 Å². The number of nitrogens with one attached hydrogen (secondary N) is 2. The lowest BCUT2D eigenvalue weighted by atomic mass is 9.98. The summed E-state index contributed by atoms with van der Waals surface area (Å²) in [5, 5.41) is 3.10. The normalized spacial score (nSPS) is 24.1. The number of amides is 2. The molecule has 0 aromatic carbocycles. The minimum atomic E-state index is -3.75. The van der Waals surface area contributed by atoms with Gasteiger partial charge in [-0.25, -0.2) is 8.42 Å². The van der Waals surface area contributed by atoms with Gasteiger partial charge < -0.3 is 15.2 Å². The Morgan fingerprint density at radius 2 is 1.70 bits per heavy atom. The fourth-order valence-electron chi connectivity index (χ4n) is 4.83. The molecule has 1 atom stereocenters. The Balaban J connectivity index is 1.41. The average Bonchev–Trinajstić information content (AvgIpc) is 3.46. The van der Waals surface area contributed by atoms with Crippen LogP contribution < -0.4 is 5.32 Å². The summed E-state index contributed by atoms with van der Waals surface area (Å²) in [7, 11) is -3.75. The van der Waals surface area contributed by atoms with E-state index >= 15 is 0 Å². The summed E-state index contributed by atoms with van der Waals surface area (Å²) in [5.41, 5.74) is 0.308. The molecule has 9 heteroatoms. The molecule has 4 rings (SSSR count). The monoisotopic (exact) mass is 436 g/mol. The number of piperidine rings is 2. The largest absolute Gasteiger partial charge is 0.356 e. The number of likely N-dealkylation sites (tertiary alicyclic amines) is 1. The second-order valence-corrected chi connectivity index (χ2v) is 10.7. The summed E-state index contributed by atoms with van der Waals surface area (Å²) < 4.78 is 27.7. The van der Waals surface area contributed by atoms with Crippen molar-refractivity contribution in [1.82, 2.24) is 19.5 Å².